The van der Waals surface area contributed by atoms with Crippen LogP contribution in [-0.2, 0) is 25.4 Å². The average molecular weight is 603 g/mol. The number of hydrogen-bond acceptors (Lipinski definition) is 3. The topological polar surface area (TPSA) is 62.7 Å². The molecule has 0 aliphatic heterocycles. The molecule has 0 unspecified atom stereocenters. The molecule has 0 atom stereocenters. The number of rotatable bonds is 8. The van der Waals surface area contributed by atoms with E-state index in [2.05, 4.69) is 4.98 Å². The second-order valence-corrected chi connectivity index (χ2v) is 10.3. The molecule has 0 radical (unpaired) electrons. The van der Waals surface area contributed by atoms with Gasteiger partial charge in [-0.2, -0.15) is 26.3 Å². The number of ether oxygens (including phenoxy) is 1. The van der Waals surface area contributed by atoms with Crippen molar-refractivity contribution >= 4 is 6.09 Å². The van der Waals surface area contributed by atoms with Crippen LogP contribution in [0.1, 0.15) is 47.6 Å². The number of methoxy groups -OCH3 is 1. The van der Waals surface area contributed by atoms with Gasteiger partial charge in [0, 0.05) is 31.0 Å². The molecule has 1 amide bonds. The number of carboxylic acid groups (broad SMARTS) is 1. The highest BCUT2D eigenvalue weighted by molar-refractivity contribution is 5.78. The molecule has 43 heavy (non-hydrogen) atoms. The second-order valence-electron chi connectivity index (χ2n) is 10.3. The Kier molecular flexibility index (Phi) is 9.03. The summed E-state index contributed by atoms with van der Waals surface area (Å²) in [5.74, 6) is 0.663. The Morgan fingerprint density at radius 1 is 0.860 bits per heavy atom. The third-order valence-electron chi connectivity index (χ3n) is 6.93. The Morgan fingerprint density at radius 3 is 2.07 bits per heavy atom. The zero-order valence-corrected chi connectivity index (χ0v) is 23.4. The first kappa shape index (κ1) is 31.4. The third-order valence-corrected chi connectivity index (χ3v) is 6.93. The molecule has 0 aliphatic rings. The van der Waals surface area contributed by atoms with Crippen molar-refractivity contribution in [2.45, 2.75) is 45.2 Å². The van der Waals surface area contributed by atoms with Crippen LogP contribution in [0, 0.1) is 0 Å². The number of amides is 1. The van der Waals surface area contributed by atoms with Gasteiger partial charge in [0.05, 0.1) is 18.2 Å². The van der Waals surface area contributed by atoms with Crippen LogP contribution in [0.5, 0.6) is 5.75 Å². The lowest BCUT2D eigenvalue weighted by atomic mass is 9.91. The Bertz CT molecular complexity index is 1570. The second kappa shape index (κ2) is 12.4. The first-order valence-corrected chi connectivity index (χ1v) is 13.1. The first-order valence-electron chi connectivity index (χ1n) is 13.1. The molecule has 1 aromatic heterocycles. The molecule has 1 heterocycles. The number of carbonyl (C=O) groups is 1. The van der Waals surface area contributed by atoms with Gasteiger partial charge in [-0.25, -0.2) is 4.79 Å². The van der Waals surface area contributed by atoms with Gasteiger partial charge in [-0.3, -0.25) is 9.88 Å². The fourth-order valence-electron chi connectivity index (χ4n) is 4.72. The lowest BCUT2D eigenvalue weighted by Crippen LogP contribution is -2.29. The van der Waals surface area contributed by atoms with Gasteiger partial charge >= 0.3 is 18.4 Å². The van der Waals surface area contributed by atoms with Gasteiger partial charge in [0.1, 0.15) is 5.75 Å². The van der Waals surface area contributed by atoms with Gasteiger partial charge in [-0.1, -0.05) is 38.1 Å². The molecule has 226 valence electrons. The van der Waals surface area contributed by atoms with E-state index in [1.165, 1.54) is 7.11 Å². The van der Waals surface area contributed by atoms with Crippen LogP contribution in [0.15, 0.2) is 79.1 Å². The van der Waals surface area contributed by atoms with E-state index in [4.69, 9.17) is 4.74 Å². The SMILES string of the molecule is COc1ccc(C(C)C)cc1-c1ccc(-c2cccnc2)cc1CN(Cc1cc(C(F)(F)F)cc(C(F)(F)F)c1)C(=O)O. The lowest BCUT2D eigenvalue weighted by molar-refractivity contribution is -0.143. The quantitative estimate of drug-likeness (QED) is 0.204. The summed E-state index contributed by atoms with van der Waals surface area (Å²) in [5, 5.41) is 10.1. The summed E-state index contributed by atoms with van der Waals surface area (Å²) in [6.07, 6.45) is -8.43. The van der Waals surface area contributed by atoms with Gasteiger partial charge in [-0.15, -0.1) is 0 Å². The van der Waals surface area contributed by atoms with Crippen molar-refractivity contribution in [1.82, 2.24) is 9.88 Å². The van der Waals surface area contributed by atoms with Gasteiger partial charge in [-0.05, 0) is 81.8 Å². The zero-order valence-electron chi connectivity index (χ0n) is 23.4. The Balaban J connectivity index is 1.84. The third kappa shape index (κ3) is 7.46. The molecule has 0 bridgehead atoms. The fourth-order valence-corrected chi connectivity index (χ4v) is 4.72. The summed E-state index contributed by atoms with van der Waals surface area (Å²) >= 11 is 0. The van der Waals surface area contributed by atoms with Gasteiger partial charge < -0.3 is 9.84 Å². The van der Waals surface area contributed by atoms with Crippen LogP contribution in [0.2, 0.25) is 0 Å². The maximum atomic E-state index is 13.5. The van der Waals surface area contributed by atoms with Crippen molar-refractivity contribution in [2.75, 3.05) is 7.11 Å². The number of nitrogens with zero attached hydrogens (tertiary/aromatic N) is 2. The molecule has 5 nitrogen and oxygen atoms in total. The summed E-state index contributed by atoms with van der Waals surface area (Å²) < 4.78 is 86.4. The number of pyridine rings is 1. The average Bonchev–Trinajstić information content (AvgIpc) is 2.95. The maximum Gasteiger partial charge on any atom is 0.416 e. The number of benzene rings is 3. The molecule has 0 aliphatic carbocycles. The van der Waals surface area contributed by atoms with Crippen LogP contribution in [-0.4, -0.2) is 28.2 Å². The van der Waals surface area contributed by atoms with E-state index in [9.17, 15) is 36.2 Å². The molecule has 0 saturated heterocycles. The molecular formula is C32H28F6N2O3. The molecule has 0 fully saturated rings. The molecular weight excluding hydrogens is 574 g/mol. The highest BCUT2D eigenvalue weighted by Crippen LogP contribution is 2.39. The summed E-state index contributed by atoms with van der Waals surface area (Å²) in [5.41, 5.74) is 0.636. The maximum absolute atomic E-state index is 13.5. The van der Waals surface area contributed by atoms with E-state index in [1.807, 2.05) is 38.1 Å². The monoisotopic (exact) mass is 602 g/mol. The van der Waals surface area contributed by atoms with Crippen molar-refractivity contribution < 1.29 is 41.0 Å². The number of hydrogen-bond donors (Lipinski definition) is 1. The zero-order chi connectivity index (χ0) is 31.5. The molecule has 3 aromatic carbocycles. The molecule has 4 aromatic rings. The first-order chi connectivity index (χ1) is 20.2. The van der Waals surface area contributed by atoms with Crippen molar-refractivity contribution in [3.05, 3.63) is 107 Å². The minimum Gasteiger partial charge on any atom is -0.496 e. The van der Waals surface area contributed by atoms with Crippen molar-refractivity contribution in [1.29, 1.82) is 0 Å². The molecule has 11 heteroatoms. The number of aromatic nitrogens is 1. The summed E-state index contributed by atoms with van der Waals surface area (Å²) in [6, 6.07) is 15.6. The number of halogens is 6. The number of alkyl halides is 6. The molecule has 1 N–H and O–H groups in total. The van der Waals surface area contributed by atoms with Gasteiger partial charge in [0.2, 0.25) is 0 Å². The highest BCUT2D eigenvalue weighted by atomic mass is 19.4. The van der Waals surface area contributed by atoms with E-state index in [1.54, 1.807) is 36.7 Å². The summed E-state index contributed by atoms with van der Waals surface area (Å²) in [7, 11) is 1.49. The van der Waals surface area contributed by atoms with Crippen molar-refractivity contribution in [3.63, 3.8) is 0 Å². The highest BCUT2D eigenvalue weighted by Gasteiger charge is 2.37. The van der Waals surface area contributed by atoms with Gasteiger partial charge in [0.15, 0.2) is 0 Å². The van der Waals surface area contributed by atoms with Gasteiger partial charge in [0.25, 0.3) is 0 Å². The minimum absolute atomic E-state index is 0.0120. The van der Waals surface area contributed by atoms with E-state index in [0.717, 1.165) is 16.0 Å². The Labute approximate surface area is 244 Å². The van der Waals surface area contributed by atoms with Crippen LogP contribution in [0.25, 0.3) is 22.3 Å². The van der Waals surface area contributed by atoms with Crippen LogP contribution in [0.4, 0.5) is 31.1 Å². The smallest absolute Gasteiger partial charge is 0.416 e. The van der Waals surface area contributed by atoms with E-state index in [0.29, 0.717) is 40.1 Å². The summed E-state index contributed by atoms with van der Waals surface area (Å²) in [4.78, 5) is 17.3. The van der Waals surface area contributed by atoms with Crippen LogP contribution >= 0.6 is 0 Å². The van der Waals surface area contributed by atoms with E-state index >= 15 is 0 Å². The standard InChI is InChI=1S/C32H28F6N2O3/c1-19(2)21-7-9-29(43-3)28(14-21)27-8-6-22(23-5-4-10-39-16-23)13-24(27)18-40(30(41)42)17-20-11-25(31(33,34)35)15-26(12-20)32(36,37)38/h4-16,19H,17-18H2,1-3H3,(H,41,42). The Morgan fingerprint density at radius 2 is 1.53 bits per heavy atom. The predicted octanol–water partition coefficient (Wildman–Crippen LogP) is 9.27. The predicted molar refractivity (Wildman–Crippen MR) is 149 cm³/mol. The largest absolute Gasteiger partial charge is 0.496 e. The Hall–Kier alpha value is -4.54. The lowest BCUT2D eigenvalue weighted by Gasteiger charge is -2.24. The van der Waals surface area contributed by atoms with Crippen molar-refractivity contribution in [2.24, 2.45) is 0 Å². The normalized spacial score (nSPS) is 12.0. The van der Waals surface area contributed by atoms with Crippen LogP contribution in [0.3, 0.4) is 0 Å². The van der Waals surface area contributed by atoms with E-state index < -0.39 is 41.7 Å². The summed E-state index contributed by atoms with van der Waals surface area (Å²) in [6.45, 7) is 2.95. The molecule has 4 rings (SSSR count). The molecule has 0 spiro atoms. The molecule has 0 saturated carbocycles. The minimum atomic E-state index is -5.06. The fraction of sp³-hybridized carbons (Fsp3) is 0.250. The van der Waals surface area contributed by atoms with E-state index in [-0.39, 0.29) is 18.5 Å². The van der Waals surface area contributed by atoms with Crippen LogP contribution < -0.4 is 4.74 Å². The van der Waals surface area contributed by atoms with Crippen molar-refractivity contribution in [3.8, 4) is 28.0 Å².